The summed E-state index contributed by atoms with van der Waals surface area (Å²) in [6.45, 7) is 4.07. The lowest BCUT2D eigenvalue weighted by atomic mass is 9.95. The molecule has 0 aliphatic carbocycles. The summed E-state index contributed by atoms with van der Waals surface area (Å²) in [4.78, 5) is 0. The molecule has 3 heteroatoms. The highest BCUT2D eigenvalue weighted by Gasteiger charge is 2.17. The average molecular weight is 242 g/mol. The first-order valence-corrected chi connectivity index (χ1v) is 6.13. The van der Waals surface area contributed by atoms with Crippen LogP contribution in [0.4, 0.5) is 0 Å². The molecule has 16 heavy (non-hydrogen) atoms. The van der Waals surface area contributed by atoms with Crippen LogP contribution >= 0.6 is 11.6 Å². The maximum atomic E-state index is 9.94. The lowest BCUT2D eigenvalue weighted by Crippen LogP contribution is -2.26. The van der Waals surface area contributed by atoms with Gasteiger partial charge in [-0.2, -0.15) is 0 Å². The summed E-state index contributed by atoms with van der Waals surface area (Å²) < 4.78 is 0. The fourth-order valence-electron chi connectivity index (χ4n) is 1.81. The first-order chi connectivity index (χ1) is 7.56. The number of benzene rings is 1. The molecule has 0 saturated carbocycles. The molecule has 0 aromatic heterocycles. The molecule has 0 spiro atoms. The topological polar surface area (TPSA) is 46.2 Å². The van der Waals surface area contributed by atoms with Gasteiger partial charge < -0.3 is 10.8 Å². The smallest absolute Gasteiger partial charge is 0.0732 e. The number of rotatable bonds is 5. The Morgan fingerprint density at radius 1 is 1.44 bits per heavy atom. The van der Waals surface area contributed by atoms with Crippen molar-refractivity contribution in [2.75, 3.05) is 0 Å². The largest absolute Gasteiger partial charge is 0.391 e. The molecule has 0 aliphatic heterocycles. The minimum Gasteiger partial charge on any atom is -0.391 e. The van der Waals surface area contributed by atoms with Gasteiger partial charge in [0.15, 0.2) is 0 Å². The number of halogens is 1. The Morgan fingerprint density at radius 2 is 2.12 bits per heavy atom. The van der Waals surface area contributed by atoms with Crippen molar-refractivity contribution in [1.29, 1.82) is 0 Å². The van der Waals surface area contributed by atoms with E-state index in [2.05, 4.69) is 6.92 Å². The van der Waals surface area contributed by atoms with Crippen molar-refractivity contribution in [3.63, 3.8) is 0 Å². The van der Waals surface area contributed by atoms with Crippen LogP contribution in [0.3, 0.4) is 0 Å². The minimum absolute atomic E-state index is 0.316. The van der Waals surface area contributed by atoms with Crippen LogP contribution in [0.15, 0.2) is 18.2 Å². The van der Waals surface area contributed by atoms with E-state index in [9.17, 15) is 5.11 Å². The maximum absolute atomic E-state index is 9.94. The van der Waals surface area contributed by atoms with E-state index in [4.69, 9.17) is 17.3 Å². The number of hydrogen-bond donors (Lipinski definition) is 2. The van der Waals surface area contributed by atoms with Gasteiger partial charge in [-0.1, -0.05) is 37.4 Å². The van der Waals surface area contributed by atoms with Gasteiger partial charge in [0, 0.05) is 5.02 Å². The second kappa shape index (κ2) is 6.24. The van der Waals surface area contributed by atoms with Gasteiger partial charge >= 0.3 is 0 Å². The van der Waals surface area contributed by atoms with Gasteiger partial charge in [-0.3, -0.25) is 0 Å². The van der Waals surface area contributed by atoms with Gasteiger partial charge in [0.25, 0.3) is 0 Å². The number of unbranched alkanes of at least 4 members (excludes halogenated alkanes) is 1. The van der Waals surface area contributed by atoms with Crippen LogP contribution in [0.2, 0.25) is 5.02 Å². The first-order valence-electron chi connectivity index (χ1n) is 5.76. The third kappa shape index (κ3) is 3.48. The molecule has 1 rings (SSSR count). The number of nitrogens with two attached hydrogens (primary N) is 1. The zero-order chi connectivity index (χ0) is 12.1. The van der Waals surface area contributed by atoms with Crippen LogP contribution in [0.5, 0.6) is 0 Å². The average Bonchev–Trinajstić information content (AvgIpc) is 2.25. The zero-order valence-corrected chi connectivity index (χ0v) is 10.7. The highest BCUT2D eigenvalue weighted by molar-refractivity contribution is 6.30. The van der Waals surface area contributed by atoms with Gasteiger partial charge in [-0.15, -0.1) is 0 Å². The fraction of sp³-hybridized carbons (Fsp3) is 0.538. The molecule has 0 bridgehead atoms. The second-order valence-corrected chi connectivity index (χ2v) is 4.67. The molecule has 0 radical (unpaired) electrons. The summed E-state index contributed by atoms with van der Waals surface area (Å²) >= 11 is 5.88. The normalized spacial score (nSPS) is 14.8. The summed E-state index contributed by atoms with van der Waals surface area (Å²) in [7, 11) is 0. The van der Waals surface area contributed by atoms with E-state index in [1.165, 1.54) is 0 Å². The van der Waals surface area contributed by atoms with E-state index < -0.39 is 6.10 Å². The fourth-order valence-corrected chi connectivity index (χ4v) is 2.04. The van der Waals surface area contributed by atoms with Crippen molar-refractivity contribution in [3.8, 4) is 0 Å². The van der Waals surface area contributed by atoms with E-state index in [1.807, 2.05) is 25.1 Å². The van der Waals surface area contributed by atoms with Crippen LogP contribution in [-0.2, 0) is 0 Å². The molecule has 0 amide bonds. The second-order valence-electron chi connectivity index (χ2n) is 4.24. The molecule has 0 heterocycles. The molecule has 0 aliphatic rings. The molecular weight excluding hydrogens is 222 g/mol. The molecule has 1 aromatic rings. The zero-order valence-electron chi connectivity index (χ0n) is 9.91. The van der Waals surface area contributed by atoms with E-state index in [0.717, 1.165) is 30.4 Å². The monoisotopic (exact) mass is 241 g/mol. The van der Waals surface area contributed by atoms with E-state index >= 15 is 0 Å². The molecule has 0 unspecified atom stereocenters. The molecule has 0 fully saturated rings. The Morgan fingerprint density at radius 3 is 2.69 bits per heavy atom. The highest BCUT2D eigenvalue weighted by atomic mass is 35.5. The Hall–Kier alpha value is -0.570. The lowest BCUT2D eigenvalue weighted by Gasteiger charge is -2.20. The van der Waals surface area contributed by atoms with Crippen molar-refractivity contribution >= 4 is 11.6 Å². The molecular formula is C13H20ClNO. The molecule has 90 valence electrons. The number of aliphatic hydroxyl groups is 1. The third-order valence-corrected chi connectivity index (χ3v) is 3.09. The Bertz CT molecular complexity index is 341. The molecule has 0 saturated heterocycles. The van der Waals surface area contributed by atoms with Gasteiger partial charge in [-0.05, 0) is 36.6 Å². The van der Waals surface area contributed by atoms with Crippen molar-refractivity contribution in [2.45, 2.75) is 45.3 Å². The molecule has 2 nitrogen and oxygen atoms in total. The summed E-state index contributed by atoms with van der Waals surface area (Å²) in [5.41, 5.74) is 8.05. The highest BCUT2D eigenvalue weighted by Crippen LogP contribution is 2.23. The van der Waals surface area contributed by atoms with Crippen molar-refractivity contribution in [1.82, 2.24) is 0 Å². The first kappa shape index (κ1) is 13.5. The van der Waals surface area contributed by atoms with Crippen molar-refractivity contribution < 1.29 is 5.11 Å². The maximum Gasteiger partial charge on any atom is 0.0732 e. The molecule has 3 N–H and O–H groups in total. The molecule has 1 aromatic carbocycles. The third-order valence-electron chi connectivity index (χ3n) is 2.86. The number of aryl methyl sites for hydroxylation is 1. The van der Waals surface area contributed by atoms with E-state index in [0.29, 0.717) is 5.02 Å². The van der Waals surface area contributed by atoms with Crippen LogP contribution < -0.4 is 5.73 Å². The predicted molar refractivity (Wildman–Crippen MR) is 68.6 cm³/mol. The van der Waals surface area contributed by atoms with Gasteiger partial charge in [0.05, 0.1) is 12.1 Å². The van der Waals surface area contributed by atoms with Crippen molar-refractivity contribution in [3.05, 3.63) is 34.3 Å². The minimum atomic E-state index is -0.472. The van der Waals surface area contributed by atoms with Gasteiger partial charge in [0.1, 0.15) is 0 Å². The summed E-state index contributed by atoms with van der Waals surface area (Å²) in [6.07, 6.45) is 2.35. The summed E-state index contributed by atoms with van der Waals surface area (Å²) in [5.74, 6) is 0. The predicted octanol–water partition coefficient (Wildman–Crippen LogP) is 3.20. The summed E-state index contributed by atoms with van der Waals surface area (Å²) in [6, 6.07) is 5.28. The van der Waals surface area contributed by atoms with Crippen LogP contribution in [0, 0.1) is 6.92 Å². The standard InChI is InChI=1S/C13H20ClNO/c1-3-4-5-12(16)13(15)11-7-6-10(14)8-9(11)2/h6-8,12-13,16H,3-5,15H2,1-2H3/t12-,13+/m1/s1. The Balaban J connectivity index is 2.75. The quantitative estimate of drug-likeness (QED) is 0.832. The van der Waals surface area contributed by atoms with Gasteiger partial charge in [0.2, 0.25) is 0 Å². The van der Waals surface area contributed by atoms with Gasteiger partial charge in [-0.25, -0.2) is 0 Å². The number of aliphatic hydroxyl groups excluding tert-OH is 1. The molecule has 2 atom stereocenters. The lowest BCUT2D eigenvalue weighted by molar-refractivity contribution is 0.132. The summed E-state index contributed by atoms with van der Waals surface area (Å²) in [5, 5.41) is 10.6. The van der Waals surface area contributed by atoms with Crippen LogP contribution in [0.25, 0.3) is 0 Å². The van der Waals surface area contributed by atoms with Crippen LogP contribution in [-0.4, -0.2) is 11.2 Å². The van der Waals surface area contributed by atoms with Crippen molar-refractivity contribution in [2.24, 2.45) is 5.73 Å². The Kier molecular flexibility index (Phi) is 5.26. The Labute approximate surface area is 102 Å². The SMILES string of the molecule is CCCC[C@@H](O)[C@@H](N)c1ccc(Cl)cc1C. The van der Waals surface area contributed by atoms with Crippen LogP contribution in [0.1, 0.15) is 43.4 Å². The van der Waals surface area contributed by atoms with E-state index in [1.54, 1.807) is 0 Å². The van der Waals surface area contributed by atoms with E-state index in [-0.39, 0.29) is 6.04 Å². The number of hydrogen-bond acceptors (Lipinski definition) is 2.